The number of carbonyl (C=O) groups is 1. The zero-order valence-electron chi connectivity index (χ0n) is 12.9. The van der Waals surface area contributed by atoms with Crippen molar-refractivity contribution in [1.29, 1.82) is 0 Å². The van der Waals surface area contributed by atoms with Crippen LogP contribution in [0.15, 0.2) is 28.8 Å². The third-order valence-electron chi connectivity index (χ3n) is 4.12. The molecule has 0 atom stereocenters. The number of amides is 1. The molecular formula is C16H19N3O4. The highest BCUT2D eigenvalue weighted by atomic mass is 16.5. The molecule has 0 bridgehead atoms. The Kier molecular flexibility index (Phi) is 4.45. The van der Waals surface area contributed by atoms with Crippen molar-refractivity contribution in [2.75, 3.05) is 20.2 Å². The molecule has 1 amide bonds. The van der Waals surface area contributed by atoms with E-state index in [1.165, 1.54) is 4.90 Å². The van der Waals surface area contributed by atoms with Crippen LogP contribution in [0.25, 0.3) is 0 Å². The van der Waals surface area contributed by atoms with Gasteiger partial charge in [0.05, 0.1) is 7.11 Å². The minimum absolute atomic E-state index is 0.141. The van der Waals surface area contributed by atoms with Crippen molar-refractivity contribution in [2.24, 2.45) is 0 Å². The largest absolute Gasteiger partial charge is 0.497 e. The molecule has 2 heterocycles. The smallest absolute Gasteiger partial charge is 0.407 e. The molecule has 7 heteroatoms. The van der Waals surface area contributed by atoms with E-state index in [9.17, 15) is 4.79 Å². The van der Waals surface area contributed by atoms with Crippen molar-refractivity contribution in [3.8, 4) is 5.75 Å². The van der Waals surface area contributed by atoms with Crippen LogP contribution in [0.5, 0.6) is 5.75 Å². The first-order valence-corrected chi connectivity index (χ1v) is 7.59. The number of hydrogen-bond donors (Lipinski definition) is 1. The Morgan fingerprint density at radius 3 is 2.65 bits per heavy atom. The summed E-state index contributed by atoms with van der Waals surface area (Å²) in [6.07, 6.45) is 1.17. The van der Waals surface area contributed by atoms with Crippen molar-refractivity contribution in [3.63, 3.8) is 0 Å². The zero-order chi connectivity index (χ0) is 16.2. The SMILES string of the molecule is COc1ccc(Cc2noc(C3CCN(C(=O)O)CC3)n2)cc1. The van der Waals surface area contributed by atoms with Crippen LogP contribution in [-0.4, -0.2) is 46.4 Å². The van der Waals surface area contributed by atoms with Crippen LogP contribution in [0.2, 0.25) is 0 Å². The van der Waals surface area contributed by atoms with E-state index < -0.39 is 6.09 Å². The molecule has 2 aromatic rings. The first-order chi connectivity index (χ1) is 11.2. The minimum Gasteiger partial charge on any atom is -0.497 e. The summed E-state index contributed by atoms with van der Waals surface area (Å²) in [5, 5.41) is 13.0. The van der Waals surface area contributed by atoms with Crippen molar-refractivity contribution < 1.29 is 19.2 Å². The Morgan fingerprint density at radius 1 is 1.35 bits per heavy atom. The lowest BCUT2D eigenvalue weighted by molar-refractivity contribution is 0.128. The summed E-state index contributed by atoms with van der Waals surface area (Å²) >= 11 is 0. The molecular weight excluding hydrogens is 298 g/mol. The van der Waals surface area contributed by atoms with Gasteiger partial charge in [-0.25, -0.2) is 4.79 Å². The summed E-state index contributed by atoms with van der Waals surface area (Å²) in [6, 6.07) is 7.75. The van der Waals surface area contributed by atoms with E-state index in [1.807, 2.05) is 24.3 Å². The summed E-state index contributed by atoms with van der Waals surface area (Å²) in [5.41, 5.74) is 1.08. The van der Waals surface area contributed by atoms with Crippen LogP contribution in [0, 0.1) is 0 Å². The number of nitrogens with zero attached hydrogens (tertiary/aromatic N) is 3. The second-order valence-corrected chi connectivity index (χ2v) is 5.62. The Labute approximate surface area is 133 Å². The average Bonchev–Trinajstić information content (AvgIpc) is 3.04. The number of carboxylic acid groups (broad SMARTS) is 1. The molecule has 1 saturated heterocycles. The maximum Gasteiger partial charge on any atom is 0.407 e. The van der Waals surface area contributed by atoms with Crippen LogP contribution in [0.4, 0.5) is 4.79 Å². The van der Waals surface area contributed by atoms with E-state index in [-0.39, 0.29) is 5.92 Å². The lowest BCUT2D eigenvalue weighted by atomic mass is 9.97. The monoisotopic (exact) mass is 317 g/mol. The summed E-state index contributed by atoms with van der Waals surface area (Å²) in [5.74, 6) is 2.21. The number of benzene rings is 1. The molecule has 122 valence electrons. The van der Waals surface area contributed by atoms with Crippen LogP contribution in [-0.2, 0) is 6.42 Å². The number of likely N-dealkylation sites (tertiary alicyclic amines) is 1. The molecule has 1 N–H and O–H groups in total. The molecule has 0 aliphatic carbocycles. The molecule has 7 nitrogen and oxygen atoms in total. The van der Waals surface area contributed by atoms with E-state index in [0.29, 0.717) is 31.2 Å². The number of aromatic nitrogens is 2. The third kappa shape index (κ3) is 3.61. The zero-order valence-corrected chi connectivity index (χ0v) is 12.9. The Hall–Kier alpha value is -2.57. The van der Waals surface area contributed by atoms with Crippen LogP contribution in [0.3, 0.4) is 0 Å². The molecule has 0 unspecified atom stereocenters. The molecule has 1 aliphatic rings. The van der Waals surface area contributed by atoms with Gasteiger partial charge in [-0.05, 0) is 30.5 Å². The highest BCUT2D eigenvalue weighted by Gasteiger charge is 2.27. The number of piperidine rings is 1. The van der Waals surface area contributed by atoms with Gasteiger partial charge in [0.15, 0.2) is 5.82 Å². The van der Waals surface area contributed by atoms with E-state index in [0.717, 1.165) is 24.2 Å². The van der Waals surface area contributed by atoms with E-state index in [2.05, 4.69) is 10.1 Å². The van der Waals surface area contributed by atoms with Gasteiger partial charge in [-0.15, -0.1) is 0 Å². The highest BCUT2D eigenvalue weighted by molar-refractivity contribution is 5.65. The standard InChI is InChI=1S/C16H19N3O4/c1-22-13-4-2-11(3-5-13)10-14-17-15(23-18-14)12-6-8-19(9-7-12)16(20)21/h2-5,12H,6-10H2,1H3,(H,20,21). The van der Waals surface area contributed by atoms with Crippen molar-refractivity contribution in [3.05, 3.63) is 41.5 Å². The van der Waals surface area contributed by atoms with Gasteiger partial charge in [0.25, 0.3) is 0 Å². The Bertz CT molecular complexity index is 660. The fourth-order valence-corrected chi connectivity index (χ4v) is 2.75. The molecule has 1 aromatic heterocycles. The number of methoxy groups -OCH3 is 1. The molecule has 3 rings (SSSR count). The maximum absolute atomic E-state index is 10.9. The summed E-state index contributed by atoms with van der Waals surface area (Å²) in [4.78, 5) is 16.8. The fraction of sp³-hybridized carbons (Fsp3) is 0.438. The van der Waals surface area contributed by atoms with E-state index >= 15 is 0 Å². The molecule has 1 aromatic carbocycles. The normalized spacial score (nSPS) is 15.6. The molecule has 1 fully saturated rings. The van der Waals surface area contributed by atoms with Crippen molar-refractivity contribution >= 4 is 6.09 Å². The molecule has 0 saturated carbocycles. The summed E-state index contributed by atoms with van der Waals surface area (Å²) in [6.45, 7) is 1.02. The first-order valence-electron chi connectivity index (χ1n) is 7.59. The molecule has 0 radical (unpaired) electrons. The first kappa shape index (κ1) is 15.3. The predicted octanol–water partition coefficient (Wildman–Crippen LogP) is 2.53. The second-order valence-electron chi connectivity index (χ2n) is 5.62. The van der Waals surface area contributed by atoms with Crippen molar-refractivity contribution in [2.45, 2.75) is 25.2 Å². The Balaban J connectivity index is 1.60. The predicted molar refractivity (Wildman–Crippen MR) is 81.7 cm³/mol. The van der Waals surface area contributed by atoms with Crippen LogP contribution < -0.4 is 4.74 Å². The van der Waals surface area contributed by atoms with E-state index in [4.69, 9.17) is 14.4 Å². The Morgan fingerprint density at radius 2 is 2.04 bits per heavy atom. The fourth-order valence-electron chi connectivity index (χ4n) is 2.75. The second kappa shape index (κ2) is 6.68. The number of hydrogen-bond acceptors (Lipinski definition) is 5. The lowest BCUT2D eigenvalue weighted by Crippen LogP contribution is -2.36. The molecule has 1 aliphatic heterocycles. The topological polar surface area (TPSA) is 88.7 Å². The quantitative estimate of drug-likeness (QED) is 0.932. The van der Waals surface area contributed by atoms with Gasteiger partial charge in [-0.2, -0.15) is 4.98 Å². The van der Waals surface area contributed by atoms with Crippen molar-refractivity contribution in [1.82, 2.24) is 15.0 Å². The van der Waals surface area contributed by atoms with Gasteiger partial charge in [0.1, 0.15) is 5.75 Å². The van der Waals surface area contributed by atoms with Gasteiger partial charge < -0.3 is 19.3 Å². The van der Waals surface area contributed by atoms with Crippen LogP contribution >= 0.6 is 0 Å². The average molecular weight is 317 g/mol. The third-order valence-corrected chi connectivity index (χ3v) is 4.12. The lowest BCUT2D eigenvalue weighted by Gasteiger charge is -2.27. The van der Waals surface area contributed by atoms with Gasteiger partial charge in [0, 0.05) is 25.4 Å². The van der Waals surface area contributed by atoms with Gasteiger partial charge >= 0.3 is 6.09 Å². The van der Waals surface area contributed by atoms with Gasteiger partial charge in [-0.3, -0.25) is 0 Å². The number of rotatable bonds is 4. The molecule has 0 spiro atoms. The highest BCUT2D eigenvalue weighted by Crippen LogP contribution is 2.27. The van der Waals surface area contributed by atoms with Gasteiger partial charge in [-0.1, -0.05) is 17.3 Å². The minimum atomic E-state index is -0.867. The summed E-state index contributed by atoms with van der Waals surface area (Å²) < 4.78 is 10.5. The van der Waals surface area contributed by atoms with Crippen LogP contribution in [0.1, 0.15) is 36.0 Å². The van der Waals surface area contributed by atoms with E-state index in [1.54, 1.807) is 7.11 Å². The van der Waals surface area contributed by atoms with Gasteiger partial charge in [0.2, 0.25) is 5.89 Å². The summed E-state index contributed by atoms with van der Waals surface area (Å²) in [7, 11) is 1.64. The maximum atomic E-state index is 10.9. The number of ether oxygens (including phenoxy) is 1. The molecule has 23 heavy (non-hydrogen) atoms.